The number of likely N-dealkylation sites (tertiary alicyclic amines) is 1. The number of hydrogen-bond donors (Lipinski definition) is 2. The third-order valence-corrected chi connectivity index (χ3v) is 5.18. The summed E-state index contributed by atoms with van der Waals surface area (Å²) in [5, 5.41) is 12.6. The predicted octanol–water partition coefficient (Wildman–Crippen LogP) is 1.89. The average Bonchev–Trinajstić information content (AvgIpc) is 3.17. The van der Waals surface area contributed by atoms with Gasteiger partial charge in [0.25, 0.3) is 5.91 Å². The number of aliphatic hydroxyl groups excluding tert-OH is 1. The van der Waals surface area contributed by atoms with Crippen LogP contribution in [0.5, 0.6) is 0 Å². The molecule has 2 saturated carbocycles. The van der Waals surface area contributed by atoms with Crippen LogP contribution in [0.4, 0.5) is 4.39 Å². The van der Waals surface area contributed by atoms with Crippen LogP contribution in [0.3, 0.4) is 0 Å². The van der Waals surface area contributed by atoms with Crippen molar-refractivity contribution in [2.24, 2.45) is 0 Å². The van der Waals surface area contributed by atoms with Gasteiger partial charge in [-0.05, 0) is 56.9 Å². The fourth-order valence-electron chi connectivity index (χ4n) is 4.03. The molecule has 0 bridgehead atoms. The van der Waals surface area contributed by atoms with Crippen LogP contribution in [0, 0.1) is 0 Å². The van der Waals surface area contributed by atoms with E-state index in [2.05, 4.69) is 10.2 Å². The zero-order valence-corrected chi connectivity index (χ0v) is 12.5. The van der Waals surface area contributed by atoms with Crippen molar-refractivity contribution in [2.75, 3.05) is 13.1 Å². The first-order chi connectivity index (χ1) is 10.1. The Bertz CT molecular complexity index is 430. The third-order valence-electron chi connectivity index (χ3n) is 5.18. The number of aliphatic hydroxyl groups is 1. The van der Waals surface area contributed by atoms with Gasteiger partial charge in [0, 0.05) is 25.2 Å². The molecule has 3 aliphatic rings. The molecule has 0 aromatic heterocycles. The van der Waals surface area contributed by atoms with Gasteiger partial charge < -0.3 is 10.4 Å². The zero-order valence-electron chi connectivity index (χ0n) is 12.5. The molecule has 1 unspecified atom stereocenters. The van der Waals surface area contributed by atoms with Crippen LogP contribution in [0.15, 0.2) is 11.4 Å². The maximum atomic E-state index is 14.1. The number of carbonyl (C=O) groups is 1. The summed E-state index contributed by atoms with van der Waals surface area (Å²) in [7, 11) is 0. The second-order valence-corrected chi connectivity index (χ2v) is 6.64. The van der Waals surface area contributed by atoms with Gasteiger partial charge in [-0.1, -0.05) is 0 Å². The van der Waals surface area contributed by atoms with Crippen molar-refractivity contribution in [3.63, 3.8) is 0 Å². The molecule has 1 aliphatic heterocycles. The SMILES string of the molecule is O=C(N[C@@H]1CCC[C@@H]1N1CCC(O)C1)C(F)=C1CCCC1. The van der Waals surface area contributed by atoms with E-state index in [4.69, 9.17) is 0 Å². The molecule has 4 nitrogen and oxygen atoms in total. The molecular formula is C16H25FN2O2. The van der Waals surface area contributed by atoms with Gasteiger partial charge in [0.1, 0.15) is 0 Å². The highest BCUT2D eigenvalue weighted by atomic mass is 19.1. The van der Waals surface area contributed by atoms with Crippen LogP contribution >= 0.6 is 0 Å². The Hall–Kier alpha value is -0.940. The fourth-order valence-corrected chi connectivity index (χ4v) is 4.03. The maximum absolute atomic E-state index is 14.1. The molecule has 0 spiro atoms. The lowest BCUT2D eigenvalue weighted by Gasteiger charge is -2.29. The largest absolute Gasteiger partial charge is 0.392 e. The number of carbonyl (C=O) groups excluding carboxylic acids is 1. The Kier molecular flexibility index (Phi) is 4.60. The van der Waals surface area contributed by atoms with Crippen LogP contribution < -0.4 is 5.32 Å². The number of nitrogens with one attached hydrogen (secondary N) is 1. The van der Waals surface area contributed by atoms with Crippen molar-refractivity contribution in [1.29, 1.82) is 0 Å². The third kappa shape index (κ3) is 3.29. The van der Waals surface area contributed by atoms with Crippen molar-refractivity contribution >= 4 is 5.91 Å². The van der Waals surface area contributed by atoms with Crippen LogP contribution in [0.1, 0.15) is 51.4 Å². The summed E-state index contributed by atoms with van der Waals surface area (Å²) in [6.45, 7) is 1.56. The smallest absolute Gasteiger partial charge is 0.280 e. The average molecular weight is 296 g/mol. The molecular weight excluding hydrogens is 271 g/mol. The Morgan fingerprint density at radius 3 is 2.62 bits per heavy atom. The van der Waals surface area contributed by atoms with E-state index in [0.717, 1.165) is 57.9 Å². The fraction of sp³-hybridized carbons (Fsp3) is 0.812. The van der Waals surface area contributed by atoms with E-state index in [1.54, 1.807) is 0 Å². The molecule has 21 heavy (non-hydrogen) atoms. The van der Waals surface area contributed by atoms with E-state index in [9.17, 15) is 14.3 Å². The van der Waals surface area contributed by atoms with Gasteiger partial charge in [-0.2, -0.15) is 0 Å². The molecule has 0 aromatic rings. The van der Waals surface area contributed by atoms with Gasteiger partial charge >= 0.3 is 0 Å². The number of nitrogens with zero attached hydrogens (tertiary/aromatic N) is 1. The highest BCUT2D eigenvalue weighted by Gasteiger charge is 2.37. The van der Waals surface area contributed by atoms with Crippen molar-refractivity contribution in [1.82, 2.24) is 10.2 Å². The molecule has 3 fully saturated rings. The zero-order chi connectivity index (χ0) is 14.8. The summed E-state index contributed by atoms with van der Waals surface area (Å²) >= 11 is 0. The van der Waals surface area contributed by atoms with E-state index in [1.807, 2.05) is 0 Å². The van der Waals surface area contributed by atoms with E-state index in [0.29, 0.717) is 12.1 Å². The summed E-state index contributed by atoms with van der Waals surface area (Å²) in [5.41, 5.74) is 0.693. The predicted molar refractivity (Wildman–Crippen MR) is 78.4 cm³/mol. The molecule has 2 N–H and O–H groups in total. The van der Waals surface area contributed by atoms with Gasteiger partial charge in [-0.3, -0.25) is 9.69 Å². The van der Waals surface area contributed by atoms with Crippen LogP contribution in [-0.2, 0) is 4.79 Å². The van der Waals surface area contributed by atoms with E-state index < -0.39 is 11.7 Å². The van der Waals surface area contributed by atoms with Crippen LogP contribution in [0.2, 0.25) is 0 Å². The topological polar surface area (TPSA) is 52.6 Å². The number of hydrogen-bond acceptors (Lipinski definition) is 3. The van der Waals surface area contributed by atoms with Crippen molar-refractivity contribution in [2.45, 2.75) is 69.6 Å². The normalized spacial score (nSPS) is 33.6. The molecule has 2 aliphatic carbocycles. The van der Waals surface area contributed by atoms with Gasteiger partial charge in [-0.25, -0.2) is 4.39 Å². The van der Waals surface area contributed by atoms with E-state index >= 15 is 0 Å². The Balaban J connectivity index is 1.61. The molecule has 0 aromatic carbocycles. The number of halogens is 1. The highest BCUT2D eigenvalue weighted by Crippen LogP contribution is 2.30. The van der Waals surface area contributed by atoms with E-state index in [1.165, 1.54) is 0 Å². The highest BCUT2D eigenvalue weighted by molar-refractivity contribution is 5.92. The van der Waals surface area contributed by atoms with Crippen molar-refractivity contribution in [3.05, 3.63) is 11.4 Å². The quantitative estimate of drug-likeness (QED) is 0.782. The van der Waals surface area contributed by atoms with Gasteiger partial charge in [-0.15, -0.1) is 0 Å². The summed E-state index contributed by atoms with van der Waals surface area (Å²) in [6.07, 6.45) is 6.98. The molecule has 1 heterocycles. The number of allylic oxidation sites excluding steroid dienone is 1. The van der Waals surface area contributed by atoms with Crippen molar-refractivity contribution in [3.8, 4) is 0 Å². The molecule has 5 heteroatoms. The number of amides is 1. The Labute approximate surface area is 125 Å². The van der Waals surface area contributed by atoms with Gasteiger partial charge in [0.05, 0.1) is 6.10 Å². The Morgan fingerprint density at radius 2 is 1.95 bits per heavy atom. The monoisotopic (exact) mass is 296 g/mol. The van der Waals surface area contributed by atoms with Crippen molar-refractivity contribution < 1.29 is 14.3 Å². The molecule has 118 valence electrons. The second kappa shape index (κ2) is 6.44. The van der Waals surface area contributed by atoms with Crippen LogP contribution in [0.25, 0.3) is 0 Å². The summed E-state index contributed by atoms with van der Waals surface area (Å²) in [5.74, 6) is -1.07. The second-order valence-electron chi connectivity index (χ2n) is 6.64. The molecule has 3 atom stereocenters. The molecule has 1 saturated heterocycles. The standard InChI is InChI=1S/C16H25FN2O2/c17-15(11-4-1-2-5-11)16(21)18-13-6-3-7-14(13)19-9-8-12(20)10-19/h12-14,20H,1-10H2,(H,18,21)/t12?,13-,14+/m1/s1. The number of β-amino-alcohol motifs (C(OH)–C–C–N with tert-alkyl or cyclic N) is 1. The first-order valence-corrected chi connectivity index (χ1v) is 8.25. The summed E-state index contributed by atoms with van der Waals surface area (Å²) < 4.78 is 14.1. The first-order valence-electron chi connectivity index (χ1n) is 8.25. The number of rotatable bonds is 3. The summed E-state index contributed by atoms with van der Waals surface area (Å²) in [4.78, 5) is 14.4. The molecule has 0 radical (unpaired) electrons. The lowest BCUT2D eigenvalue weighted by Crippen LogP contribution is -2.48. The van der Waals surface area contributed by atoms with Crippen LogP contribution in [-0.4, -0.2) is 47.2 Å². The molecule has 3 rings (SSSR count). The minimum Gasteiger partial charge on any atom is -0.392 e. The molecule has 1 amide bonds. The maximum Gasteiger partial charge on any atom is 0.280 e. The minimum absolute atomic E-state index is 0.0237. The lowest BCUT2D eigenvalue weighted by atomic mass is 10.1. The lowest BCUT2D eigenvalue weighted by molar-refractivity contribution is -0.120. The van der Waals surface area contributed by atoms with Gasteiger partial charge in [0.15, 0.2) is 5.83 Å². The minimum atomic E-state index is -0.542. The van der Waals surface area contributed by atoms with Gasteiger partial charge in [0.2, 0.25) is 0 Å². The summed E-state index contributed by atoms with van der Waals surface area (Å²) in [6, 6.07) is 0.281. The first kappa shape index (κ1) is 15.0. The Morgan fingerprint density at radius 1 is 1.19 bits per heavy atom. The van der Waals surface area contributed by atoms with E-state index in [-0.39, 0.29) is 18.2 Å².